The lowest BCUT2D eigenvalue weighted by molar-refractivity contribution is -0.128. The minimum absolute atomic E-state index is 0.0993. The number of hydrogen-bond acceptors (Lipinski definition) is 3. The van der Waals surface area contributed by atoms with Crippen molar-refractivity contribution in [1.29, 1.82) is 0 Å². The number of nitrogens with zero attached hydrogens (tertiary/aromatic N) is 2. The Balaban J connectivity index is 1.77. The van der Waals surface area contributed by atoms with Crippen LogP contribution in [-0.4, -0.2) is 56.1 Å². The Morgan fingerprint density at radius 3 is 2.65 bits per heavy atom. The van der Waals surface area contributed by atoms with Crippen molar-refractivity contribution in [2.45, 2.75) is 26.2 Å². The first-order chi connectivity index (χ1) is 12.7. The molecular weight excluding hydrogens is 328 g/mol. The molecule has 1 aliphatic rings. The molecule has 0 bridgehead atoms. The van der Waals surface area contributed by atoms with Crippen LogP contribution in [0.4, 0.5) is 0 Å². The van der Waals surface area contributed by atoms with Crippen molar-refractivity contribution in [3.63, 3.8) is 0 Å². The van der Waals surface area contributed by atoms with E-state index in [4.69, 9.17) is 11.2 Å². The van der Waals surface area contributed by atoms with Crippen molar-refractivity contribution < 1.29 is 9.53 Å². The number of ether oxygens (including phenoxy) is 1. The third-order valence-corrected chi connectivity index (χ3v) is 4.13. The van der Waals surface area contributed by atoms with E-state index in [1.54, 1.807) is 0 Å². The first kappa shape index (κ1) is 19.6. The summed E-state index contributed by atoms with van der Waals surface area (Å²) in [5.74, 6) is 4.00. The smallest absolute Gasteiger partial charge is 0.244 e. The summed E-state index contributed by atoms with van der Waals surface area (Å²) in [5, 5.41) is 6.45. The molecule has 1 fully saturated rings. The maximum Gasteiger partial charge on any atom is 0.244 e. The second kappa shape index (κ2) is 11.0. The molecule has 1 amide bonds. The summed E-state index contributed by atoms with van der Waals surface area (Å²) >= 11 is 0. The highest BCUT2D eigenvalue weighted by molar-refractivity contribution is 5.85. The number of nitrogens with one attached hydrogen (secondary N) is 2. The SMILES string of the molecule is C#CCOc1ccc(CCNC(=NCC(=O)N2CCCC2)NCC)cc1. The van der Waals surface area contributed by atoms with Crippen LogP contribution in [0.1, 0.15) is 25.3 Å². The van der Waals surface area contributed by atoms with Gasteiger partial charge in [0.1, 0.15) is 18.9 Å². The molecule has 2 N–H and O–H groups in total. The van der Waals surface area contributed by atoms with Crippen LogP contribution in [0.5, 0.6) is 5.75 Å². The minimum atomic E-state index is 0.0993. The number of likely N-dealkylation sites (tertiary alicyclic amines) is 1. The number of aliphatic imine (C=N–C) groups is 1. The van der Waals surface area contributed by atoms with E-state index in [-0.39, 0.29) is 19.1 Å². The molecule has 1 saturated heterocycles. The van der Waals surface area contributed by atoms with Crippen LogP contribution in [0.3, 0.4) is 0 Å². The fourth-order valence-electron chi connectivity index (χ4n) is 2.76. The first-order valence-corrected chi connectivity index (χ1v) is 9.18. The second-order valence-electron chi connectivity index (χ2n) is 6.10. The molecule has 0 radical (unpaired) electrons. The molecule has 0 atom stereocenters. The highest BCUT2D eigenvalue weighted by Crippen LogP contribution is 2.12. The van der Waals surface area contributed by atoms with Crippen LogP contribution >= 0.6 is 0 Å². The van der Waals surface area contributed by atoms with Gasteiger partial charge >= 0.3 is 0 Å². The van der Waals surface area contributed by atoms with Crippen LogP contribution in [0.2, 0.25) is 0 Å². The molecule has 0 aliphatic carbocycles. The molecule has 1 heterocycles. The minimum Gasteiger partial charge on any atom is -0.481 e. The summed E-state index contributed by atoms with van der Waals surface area (Å²) in [6, 6.07) is 7.88. The van der Waals surface area contributed by atoms with E-state index in [2.05, 4.69) is 21.5 Å². The Labute approximate surface area is 156 Å². The lowest BCUT2D eigenvalue weighted by Gasteiger charge is -2.15. The van der Waals surface area contributed by atoms with Crippen LogP contribution in [0.15, 0.2) is 29.3 Å². The maximum absolute atomic E-state index is 12.1. The molecule has 26 heavy (non-hydrogen) atoms. The molecule has 0 spiro atoms. The van der Waals surface area contributed by atoms with Crippen molar-refractivity contribution in [3.05, 3.63) is 29.8 Å². The highest BCUT2D eigenvalue weighted by Gasteiger charge is 2.17. The van der Waals surface area contributed by atoms with Crippen LogP contribution in [0.25, 0.3) is 0 Å². The Morgan fingerprint density at radius 2 is 2.00 bits per heavy atom. The molecule has 140 valence electrons. The van der Waals surface area contributed by atoms with Gasteiger partial charge in [-0.15, -0.1) is 6.42 Å². The fraction of sp³-hybridized carbons (Fsp3) is 0.500. The predicted octanol–water partition coefficient (Wildman–Crippen LogP) is 1.42. The van der Waals surface area contributed by atoms with Gasteiger partial charge in [-0.05, 0) is 43.9 Å². The van der Waals surface area contributed by atoms with Crippen LogP contribution in [0, 0.1) is 12.3 Å². The van der Waals surface area contributed by atoms with Crippen molar-refractivity contribution in [1.82, 2.24) is 15.5 Å². The number of hydrogen-bond donors (Lipinski definition) is 2. The largest absolute Gasteiger partial charge is 0.481 e. The van der Waals surface area contributed by atoms with Gasteiger partial charge in [-0.3, -0.25) is 4.79 Å². The zero-order chi connectivity index (χ0) is 18.6. The summed E-state index contributed by atoms with van der Waals surface area (Å²) in [7, 11) is 0. The van der Waals surface area contributed by atoms with Gasteiger partial charge in [0, 0.05) is 26.2 Å². The van der Waals surface area contributed by atoms with Crippen LogP contribution < -0.4 is 15.4 Å². The zero-order valence-electron chi connectivity index (χ0n) is 15.5. The van der Waals surface area contributed by atoms with Gasteiger partial charge < -0.3 is 20.3 Å². The average molecular weight is 356 g/mol. The molecule has 6 nitrogen and oxygen atoms in total. The number of carbonyl (C=O) groups excluding carboxylic acids is 1. The standard InChI is InChI=1S/C20H28N4O2/c1-3-15-26-18-9-7-17(8-10-18)11-12-22-20(21-4-2)23-16-19(25)24-13-5-6-14-24/h1,7-10H,4-6,11-16H2,2H3,(H2,21,22,23). The van der Waals surface area contributed by atoms with E-state index in [1.807, 2.05) is 36.1 Å². The molecule has 1 aliphatic heterocycles. The number of benzene rings is 1. The van der Waals surface area contributed by atoms with Gasteiger partial charge in [0.25, 0.3) is 0 Å². The molecule has 0 unspecified atom stereocenters. The molecule has 0 saturated carbocycles. The van der Waals surface area contributed by atoms with Gasteiger partial charge in [0.2, 0.25) is 5.91 Å². The normalized spacial score (nSPS) is 14.0. The van der Waals surface area contributed by atoms with Crippen molar-refractivity contribution in [2.75, 3.05) is 39.3 Å². The van der Waals surface area contributed by atoms with E-state index >= 15 is 0 Å². The van der Waals surface area contributed by atoms with Gasteiger partial charge in [-0.2, -0.15) is 0 Å². The Morgan fingerprint density at radius 1 is 1.27 bits per heavy atom. The highest BCUT2D eigenvalue weighted by atomic mass is 16.5. The summed E-state index contributed by atoms with van der Waals surface area (Å²) in [4.78, 5) is 18.4. The number of terminal acetylenes is 1. The van der Waals surface area contributed by atoms with Crippen molar-refractivity contribution in [3.8, 4) is 18.1 Å². The monoisotopic (exact) mass is 356 g/mol. The van der Waals surface area contributed by atoms with E-state index in [0.717, 1.165) is 51.2 Å². The fourth-order valence-corrected chi connectivity index (χ4v) is 2.76. The molecule has 1 aromatic rings. The van der Waals surface area contributed by atoms with Gasteiger partial charge in [-0.25, -0.2) is 4.99 Å². The Bertz CT molecular complexity index is 628. The van der Waals surface area contributed by atoms with Crippen molar-refractivity contribution >= 4 is 11.9 Å². The molecular formula is C20H28N4O2. The van der Waals surface area contributed by atoms with E-state index in [1.165, 1.54) is 5.56 Å². The summed E-state index contributed by atoms with van der Waals surface area (Å²) in [6.45, 7) is 5.68. The van der Waals surface area contributed by atoms with Gasteiger partial charge in [0.15, 0.2) is 5.96 Å². The van der Waals surface area contributed by atoms with Crippen molar-refractivity contribution in [2.24, 2.45) is 4.99 Å². The van der Waals surface area contributed by atoms with Gasteiger partial charge in [-0.1, -0.05) is 18.1 Å². The summed E-state index contributed by atoms with van der Waals surface area (Å²) in [5.41, 5.74) is 1.19. The number of guanidine groups is 1. The Hall–Kier alpha value is -2.68. The topological polar surface area (TPSA) is 66.0 Å². The predicted molar refractivity (Wildman–Crippen MR) is 104 cm³/mol. The third-order valence-electron chi connectivity index (χ3n) is 4.13. The van der Waals surface area contributed by atoms with Crippen LogP contribution in [-0.2, 0) is 11.2 Å². The zero-order valence-corrected chi connectivity index (χ0v) is 15.5. The number of carbonyl (C=O) groups is 1. The van der Waals surface area contributed by atoms with Gasteiger partial charge in [0.05, 0.1) is 0 Å². The lowest BCUT2D eigenvalue weighted by atomic mass is 10.1. The van der Waals surface area contributed by atoms with E-state index < -0.39 is 0 Å². The van der Waals surface area contributed by atoms with E-state index in [0.29, 0.717) is 5.96 Å². The number of rotatable bonds is 8. The summed E-state index contributed by atoms with van der Waals surface area (Å²) in [6.07, 6.45) is 8.22. The first-order valence-electron chi connectivity index (χ1n) is 9.18. The van der Waals surface area contributed by atoms with E-state index in [9.17, 15) is 4.79 Å². The molecule has 0 aromatic heterocycles. The summed E-state index contributed by atoms with van der Waals surface area (Å²) < 4.78 is 5.36. The third kappa shape index (κ3) is 6.67. The molecule has 2 rings (SSSR count). The number of amides is 1. The average Bonchev–Trinajstić information content (AvgIpc) is 3.20. The second-order valence-corrected chi connectivity index (χ2v) is 6.10. The maximum atomic E-state index is 12.1. The quantitative estimate of drug-likeness (QED) is 0.420. The lowest BCUT2D eigenvalue weighted by Crippen LogP contribution is -2.39. The molecule has 1 aromatic carbocycles. The molecule has 6 heteroatoms. The Kier molecular flexibility index (Phi) is 8.34.